The topological polar surface area (TPSA) is 278 Å². The van der Waals surface area contributed by atoms with E-state index < -0.39 is 12.2 Å². The van der Waals surface area contributed by atoms with E-state index in [-0.39, 0.29) is 30.2 Å². The number of H-pyrrole nitrogens is 3. The molecule has 11 heterocycles. The molecule has 5 aliphatic carbocycles. The minimum Gasteiger partial charge on any atom is -0.489 e. The number of allylic oxidation sites excluding steroid dienone is 1. The molecule has 24 heteroatoms. The average molecular weight is 1840 g/mol. The molecular formula is C113H120FN15O8. The van der Waals surface area contributed by atoms with Gasteiger partial charge in [0.25, 0.3) is 0 Å². The first-order valence-corrected chi connectivity index (χ1v) is 49.0. The second-order valence-electron chi connectivity index (χ2n) is 38.1. The first kappa shape index (κ1) is 89.6. The molecule has 23 nitrogen and oxygen atoms in total. The molecule has 2 saturated carbocycles. The molecule has 0 saturated heterocycles. The molecule has 2 spiro atoms. The van der Waals surface area contributed by atoms with Gasteiger partial charge in [-0.3, -0.25) is 19.9 Å². The van der Waals surface area contributed by atoms with E-state index in [0.717, 1.165) is 201 Å². The van der Waals surface area contributed by atoms with Crippen LogP contribution in [0.1, 0.15) is 169 Å². The number of aromatic amines is 3. The predicted molar refractivity (Wildman–Crippen MR) is 545 cm³/mol. The van der Waals surface area contributed by atoms with E-state index in [1.165, 1.54) is 128 Å². The Hall–Kier alpha value is -13.9. The molecule has 4 aliphatic heterocycles. The highest BCUT2D eigenvalue weighted by atomic mass is 19.1. The van der Waals surface area contributed by atoms with Gasteiger partial charge in [-0.05, 0) is 264 Å². The van der Waals surface area contributed by atoms with E-state index in [4.69, 9.17) is 18.9 Å². The summed E-state index contributed by atoms with van der Waals surface area (Å²) < 4.78 is 40.8. The van der Waals surface area contributed by atoms with Gasteiger partial charge in [-0.15, -0.1) is 0 Å². The third-order valence-electron chi connectivity index (χ3n) is 29.1. The van der Waals surface area contributed by atoms with E-state index in [0.29, 0.717) is 66.9 Å². The largest absolute Gasteiger partial charge is 0.489 e. The Balaban J connectivity index is 0.000000109. The van der Waals surface area contributed by atoms with Crippen LogP contribution in [-0.4, -0.2) is 132 Å². The Morgan fingerprint density at radius 1 is 0.438 bits per heavy atom. The highest BCUT2D eigenvalue weighted by molar-refractivity contribution is 5.88. The van der Waals surface area contributed by atoms with Crippen LogP contribution in [0.15, 0.2) is 238 Å². The maximum Gasteiger partial charge on any atom is 0.152 e. The fourth-order valence-electron chi connectivity index (χ4n) is 22.0. The van der Waals surface area contributed by atoms with Gasteiger partial charge in [0, 0.05) is 172 Å². The van der Waals surface area contributed by atoms with E-state index in [1.54, 1.807) is 24.8 Å². The number of halogens is 1. The first-order chi connectivity index (χ1) is 67.2. The maximum absolute atomic E-state index is 15.3. The van der Waals surface area contributed by atoms with E-state index in [2.05, 4.69) is 229 Å². The van der Waals surface area contributed by atoms with Gasteiger partial charge in [0.2, 0.25) is 0 Å². The summed E-state index contributed by atoms with van der Waals surface area (Å²) in [7, 11) is 0. The number of hydrogen-bond acceptors (Lipinski definition) is 20. The number of aromatic nitrogens is 7. The zero-order chi connectivity index (χ0) is 92.9. The van der Waals surface area contributed by atoms with Crippen molar-refractivity contribution in [3.05, 3.63) is 316 Å². The molecule has 2 fully saturated rings. The van der Waals surface area contributed by atoms with E-state index in [1.807, 2.05) is 66.9 Å². The second-order valence-corrected chi connectivity index (χ2v) is 38.1. The third-order valence-corrected chi connectivity index (χ3v) is 29.1. The number of para-hydroxylation sites is 3. The van der Waals surface area contributed by atoms with Gasteiger partial charge in [0.15, 0.2) is 5.82 Å². The Bertz CT molecular complexity index is 6920. The van der Waals surface area contributed by atoms with Gasteiger partial charge in [0.1, 0.15) is 53.1 Å². The van der Waals surface area contributed by atoms with Crippen molar-refractivity contribution in [3.8, 4) is 23.0 Å². The Morgan fingerprint density at radius 3 is 1.49 bits per heavy atom. The van der Waals surface area contributed by atoms with Crippen molar-refractivity contribution in [2.24, 2.45) is 0 Å². The van der Waals surface area contributed by atoms with Crippen molar-refractivity contribution in [3.63, 3.8) is 0 Å². The minimum absolute atomic E-state index is 0.0707. The molecule has 137 heavy (non-hydrogen) atoms. The van der Waals surface area contributed by atoms with Gasteiger partial charge < -0.3 is 95.2 Å². The molecule has 8 aromatic carbocycles. The lowest BCUT2D eigenvalue weighted by Crippen LogP contribution is -2.52. The van der Waals surface area contributed by atoms with Crippen molar-refractivity contribution in [1.29, 1.82) is 0 Å². The predicted octanol–water partition coefficient (Wildman–Crippen LogP) is 22.4. The lowest BCUT2D eigenvalue weighted by molar-refractivity contribution is 0.0284. The summed E-state index contributed by atoms with van der Waals surface area (Å²) in [5.74, 6) is 3.08. The number of nitrogens with one attached hydrogen (secondary N) is 7. The smallest absolute Gasteiger partial charge is 0.152 e. The van der Waals surface area contributed by atoms with Crippen LogP contribution in [0.4, 0.5) is 72.6 Å². The van der Waals surface area contributed by atoms with Gasteiger partial charge in [-0.25, -0.2) is 4.39 Å². The highest BCUT2D eigenvalue weighted by Gasteiger charge is 2.43. The van der Waals surface area contributed by atoms with Gasteiger partial charge in [-0.1, -0.05) is 97.8 Å². The Labute approximate surface area is 798 Å². The van der Waals surface area contributed by atoms with Crippen molar-refractivity contribution in [1.82, 2.24) is 34.9 Å². The molecule has 7 aromatic heterocycles. The zero-order valence-electron chi connectivity index (χ0n) is 78.0. The minimum atomic E-state index is -0.531. The zero-order valence-corrected chi connectivity index (χ0v) is 78.0. The van der Waals surface area contributed by atoms with Crippen LogP contribution in [-0.2, 0) is 51.7 Å². The van der Waals surface area contributed by atoms with Gasteiger partial charge in [0.05, 0.1) is 91.4 Å². The number of aliphatic hydroxyl groups is 4. The number of pyridine rings is 4. The Kier molecular flexibility index (Phi) is 26.0. The summed E-state index contributed by atoms with van der Waals surface area (Å²) in [5, 5.41) is 56.7. The number of hydrogen-bond donors (Lipinski definition) is 11. The fraction of sp³-hybridized carbons (Fsp3) is 0.327. The third kappa shape index (κ3) is 19.4. The molecule has 2 unspecified atom stereocenters. The highest BCUT2D eigenvalue weighted by Crippen LogP contribution is 2.50. The van der Waals surface area contributed by atoms with Crippen molar-refractivity contribution < 1.29 is 43.8 Å². The molecule has 0 amide bonds. The monoisotopic (exact) mass is 1830 g/mol. The number of aryl methyl sites for hydroxylation is 2. The molecule has 11 N–H and O–H groups in total. The number of aliphatic hydroxyl groups excluding tert-OH is 4. The first-order valence-electron chi connectivity index (χ1n) is 49.0. The standard InChI is InChI=1S/C32H36N4O2.C30H34N4O2.C26H25FN4O2.C25H25N3O2/c1-21-6-5-7-24-22(19-34-30(21)24)13-17-36-20-32(14-3-2-4-15-32)38-29-18-23(8-10-27(29)36)35-26-12-16-33-31-25(26)9-11-28(31)37;1-21-6-5-7-26-22(18-32-29(21)26)11-15-34-20-30(12-3-2-4-13-30)36-28-17-23(8-9-27(28)34)33-24-10-14-31-25(16-24)19-35;27-20-13-17(30-22-7-9-28-25-19(22)5-6-23(25)32)14-24-26(20)31(11-12-33-24)10-8-16-15-29-21-4-2-1-3-18(16)21;29-17-22-15-21(9-11-26-22)27-20-7-8-24-25(16-20)30-14-13-28(24)12-10-19-6-5-18-3-1-2-4-23(18)19/h5-8,10,12,16,18-19,28,34,37H,2-4,9,11,13-15,17,20H2,1H3,(H,33,35);5-10,14,16-18,32,35H,2-4,11-13,15,19-20H2,1H3,(H,31,33);1-4,7,9,13-15,23,29,32H,5-6,8,10-12H2,(H,28,30);1-4,6-9,11,15-16,29H,5,10,12-14,17H2,(H,26,27). The van der Waals surface area contributed by atoms with Crippen LogP contribution in [0.3, 0.4) is 0 Å². The number of fused-ring (bicyclic) bond motifs is 10. The number of anilines is 12. The van der Waals surface area contributed by atoms with Crippen LogP contribution in [0, 0.1) is 19.7 Å². The quantitative estimate of drug-likeness (QED) is 0.0301. The molecule has 702 valence electrons. The normalized spacial score (nSPS) is 17.2. The molecule has 24 rings (SSSR count). The van der Waals surface area contributed by atoms with Gasteiger partial charge in [-0.2, -0.15) is 0 Å². The van der Waals surface area contributed by atoms with Crippen molar-refractivity contribution >= 4 is 107 Å². The lowest BCUT2D eigenvalue weighted by Gasteiger charge is -2.47. The lowest BCUT2D eigenvalue weighted by atomic mass is 9.83. The maximum atomic E-state index is 15.3. The van der Waals surface area contributed by atoms with E-state index >= 15 is 4.39 Å². The Morgan fingerprint density at radius 2 is 0.905 bits per heavy atom. The average Bonchev–Trinajstić information content (AvgIpc) is 1.01. The van der Waals surface area contributed by atoms with Crippen molar-refractivity contribution in [2.45, 2.75) is 172 Å². The van der Waals surface area contributed by atoms with Crippen LogP contribution < -0.4 is 59.8 Å². The summed E-state index contributed by atoms with van der Waals surface area (Å²) in [4.78, 5) is 36.9. The number of ether oxygens (including phenoxy) is 4. The second kappa shape index (κ2) is 39.8. The van der Waals surface area contributed by atoms with Crippen LogP contribution in [0.5, 0.6) is 23.0 Å². The molecule has 0 bridgehead atoms. The SMILES string of the molecule is Cc1cccc2c(CCN3CC4(CCCCC4)Oc4cc(Nc5ccnc(CO)c5)ccc43)c[nH]c12.Cc1cccc2c(CCN3CC4(CCCCC4)Oc4cc(Nc5ccnc6c5CCC6O)ccc43)c[nH]c12.OC1CCc2c(Nc3cc(F)c4c(c3)OCCN4CCc3c[nH]c4ccccc34)ccnc21.OCc1cc(Nc2ccc3c(c2)OCCN3CCC2=CCc3ccccc32)ccn1. The molecule has 15 aromatic rings. The summed E-state index contributed by atoms with van der Waals surface area (Å²) in [5.41, 5.74) is 30.4. The van der Waals surface area contributed by atoms with Crippen LogP contribution >= 0.6 is 0 Å². The number of benzene rings is 8. The molecule has 9 aliphatic rings. The van der Waals surface area contributed by atoms with Crippen LogP contribution in [0.2, 0.25) is 0 Å². The fourth-order valence-corrected chi connectivity index (χ4v) is 22.0. The van der Waals surface area contributed by atoms with Crippen molar-refractivity contribution in [2.75, 3.05) is 106 Å². The molecule has 2 atom stereocenters. The molecular weight excluding hydrogens is 1710 g/mol. The van der Waals surface area contributed by atoms with Gasteiger partial charge >= 0.3 is 0 Å². The summed E-state index contributed by atoms with van der Waals surface area (Å²) >= 11 is 0. The number of nitrogens with zero attached hydrogens (tertiary/aromatic N) is 8. The molecule has 0 radical (unpaired) electrons. The number of rotatable bonds is 22. The van der Waals surface area contributed by atoms with Crippen LogP contribution in [0.25, 0.3) is 38.3 Å². The summed E-state index contributed by atoms with van der Waals surface area (Å²) in [6.07, 6.45) is 34.5. The summed E-state index contributed by atoms with van der Waals surface area (Å²) in [6.45, 7) is 12.4. The van der Waals surface area contributed by atoms with E-state index in [9.17, 15) is 20.4 Å². The summed E-state index contributed by atoms with van der Waals surface area (Å²) in [6, 6.07) is 64.0.